The maximum absolute atomic E-state index is 11.6. The van der Waals surface area contributed by atoms with Crippen LogP contribution >= 0.6 is 0 Å². The summed E-state index contributed by atoms with van der Waals surface area (Å²) in [6, 6.07) is -0.269. The minimum Gasteiger partial charge on any atom is -0.480 e. The maximum atomic E-state index is 11.6. The van der Waals surface area contributed by atoms with Gasteiger partial charge in [-0.15, -0.1) is 0 Å². The van der Waals surface area contributed by atoms with Crippen LogP contribution in [0.4, 0.5) is 4.79 Å². The molecule has 0 bridgehead atoms. The van der Waals surface area contributed by atoms with Crippen molar-refractivity contribution >= 4 is 12.0 Å². The van der Waals surface area contributed by atoms with Crippen LogP contribution in [0, 0.1) is 0 Å². The molecule has 2 unspecified atom stereocenters. The first-order valence-electron chi connectivity index (χ1n) is 5.34. The molecule has 0 saturated carbocycles. The predicted molar refractivity (Wildman–Crippen MR) is 57.2 cm³/mol. The molecule has 0 aromatic carbocycles. The van der Waals surface area contributed by atoms with E-state index in [-0.39, 0.29) is 24.7 Å². The van der Waals surface area contributed by atoms with Crippen molar-refractivity contribution in [2.45, 2.75) is 31.9 Å². The standard InChI is InChI=1S/C10H18N2O4/c1-7-5-8(3-4-16-7)11-10(15)12(2)6-9(13)14/h7-8H,3-6H2,1-2H3,(H,11,15)(H,13,14). The lowest BCUT2D eigenvalue weighted by atomic mass is 10.0. The summed E-state index contributed by atoms with van der Waals surface area (Å²) in [5.41, 5.74) is 0. The van der Waals surface area contributed by atoms with Crippen molar-refractivity contribution in [1.82, 2.24) is 10.2 Å². The van der Waals surface area contributed by atoms with E-state index < -0.39 is 5.97 Å². The summed E-state index contributed by atoms with van der Waals surface area (Å²) in [4.78, 5) is 23.1. The Labute approximate surface area is 94.6 Å². The fraction of sp³-hybridized carbons (Fsp3) is 0.800. The van der Waals surface area contributed by atoms with Crippen LogP contribution in [0.25, 0.3) is 0 Å². The Morgan fingerprint density at radius 2 is 2.25 bits per heavy atom. The number of aliphatic carboxylic acids is 1. The van der Waals surface area contributed by atoms with Gasteiger partial charge in [-0.05, 0) is 19.8 Å². The normalized spacial score (nSPS) is 24.9. The van der Waals surface area contributed by atoms with Crippen LogP contribution < -0.4 is 5.32 Å². The highest BCUT2D eigenvalue weighted by Crippen LogP contribution is 2.13. The molecule has 1 aliphatic heterocycles. The third kappa shape index (κ3) is 4.06. The van der Waals surface area contributed by atoms with E-state index in [0.717, 1.165) is 17.7 Å². The monoisotopic (exact) mass is 230 g/mol. The molecule has 1 heterocycles. The van der Waals surface area contributed by atoms with Crippen LogP contribution in [-0.2, 0) is 9.53 Å². The van der Waals surface area contributed by atoms with Gasteiger partial charge in [0, 0.05) is 19.7 Å². The van der Waals surface area contributed by atoms with Crippen molar-refractivity contribution in [3.8, 4) is 0 Å². The van der Waals surface area contributed by atoms with Crippen LogP contribution in [-0.4, -0.2) is 54.4 Å². The highest BCUT2D eigenvalue weighted by Gasteiger charge is 2.22. The van der Waals surface area contributed by atoms with Gasteiger partial charge in [-0.2, -0.15) is 0 Å². The average Bonchev–Trinajstić information content (AvgIpc) is 2.16. The van der Waals surface area contributed by atoms with E-state index in [1.54, 1.807) is 0 Å². The molecule has 1 fully saturated rings. The number of carbonyl (C=O) groups excluding carboxylic acids is 1. The lowest BCUT2D eigenvalue weighted by molar-refractivity contribution is -0.137. The van der Waals surface area contributed by atoms with E-state index in [4.69, 9.17) is 9.84 Å². The highest BCUT2D eigenvalue weighted by atomic mass is 16.5. The topological polar surface area (TPSA) is 78.9 Å². The van der Waals surface area contributed by atoms with Crippen molar-refractivity contribution in [2.24, 2.45) is 0 Å². The SMILES string of the molecule is CC1CC(NC(=O)N(C)CC(=O)O)CCO1. The molecule has 1 aliphatic rings. The molecule has 0 aromatic heterocycles. The zero-order valence-electron chi connectivity index (χ0n) is 9.60. The highest BCUT2D eigenvalue weighted by molar-refractivity contribution is 5.79. The number of hydrogen-bond acceptors (Lipinski definition) is 3. The number of carboxylic acid groups (broad SMARTS) is 1. The number of urea groups is 1. The molecule has 2 atom stereocenters. The summed E-state index contributed by atoms with van der Waals surface area (Å²) in [5, 5.41) is 11.3. The van der Waals surface area contributed by atoms with E-state index in [2.05, 4.69) is 5.32 Å². The zero-order chi connectivity index (χ0) is 12.1. The summed E-state index contributed by atoms with van der Waals surface area (Å²) < 4.78 is 5.36. The number of nitrogens with one attached hydrogen (secondary N) is 1. The minimum absolute atomic E-state index is 0.0764. The summed E-state index contributed by atoms with van der Waals surface area (Å²) in [7, 11) is 1.46. The molecule has 6 heteroatoms. The van der Waals surface area contributed by atoms with Gasteiger partial charge in [-0.1, -0.05) is 0 Å². The summed E-state index contributed by atoms with van der Waals surface area (Å²) in [6.07, 6.45) is 1.69. The van der Waals surface area contributed by atoms with E-state index in [9.17, 15) is 9.59 Å². The number of likely N-dealkylation sites (N-methyl/N-ethyl adjacent to an activating group) is 1. The Kier molecular flexibility index (Phi) is 4.54. The van der Waals surface area contributed by atoms with Gasteiger partial charge in [-0.3, -0.25) is 4.79 Å². The van der Waals surface area contributed by atoms with Gasteiger partial charge in [0.2, 0.25) is 0 Å². The van der Waals surface area contributed by atoms with Gasteiger partial charge in [0.25, 0.3) is 0 Å². The second kappa shape index (κ2) is 5.69. The molecule has 0 radical (unpaired) electrons. The first kappa shape index (κ1) is 12.8. The Morgan fingerprint density at radius 1 is 1.56 bits per heavy atom. The van der Waals surface area contributed by atoms with Gasteiger partial charge in [0.15, 0.2) is 0 Å². The van der Waals surface area contributed by atoms with E-state index in [1.165, 1.54) is 7.05 Å². The Balaban J connectivity index is 2.35. The van der Waals surface area contributed by atoms with Crippen molar-refractivity contribution in [2.75, 3.05) is 20.2 Å². The molecule has 16 heavy (non-hydrogen) atoms. The maximum Gasteiger partial charge on any atom is 0.323 e. The molecule has 2 N–H and O–H groups in total. The largest absolute Gasteiger partial charge is 0.480 e. The molecule has 92 valence electrons. The van der Waals surface area contributed by atoms with Gasteiger partial charge in [0.1, 0.15) is 6.54 Å². The number of rotatable bonds is 3. The van der Waals surface area contributed by atoms with Gasteiger partial charge in [-0.25, -0.2) is 4.79 Å². The molecular weight excluding hydrogens is 212 g/mol. The molecule has 6 nitrogen and oxygen atoms in total. The molecule has 2 amide bonds. The quantitative estimate of drug-likeness (QED) is 0.730. The predicted octanol–water partition coefficient (Wildman–Crippen LogP) is 0.280. The zero-order valence-corrected chi connectivity index (χ0v) is 9.60. The first-order valence-corrected chi connectivity index (χ1v) is 5.34. The molecule has 1 saturated heterocycles. The van der Waals surface area contributed by atoms with Gasteiger partial charge >= 0.3 is 12.0 Å². The molecule has 1 rings (SSSR count). The average molecular weight is 230 g/mol. The van der Waals surface area contributed by atoms with Crippen LogP contribution in [0.15, 0.2) is 0 Å². The smallest absolute Gasteiger partial charge is 0.323 e. The first-order chi connectivity index (χ1) is 7.49. The second-order valence-electron chi connectivity index (χ2n) is 4.10. The Hall–Kier alpha value is -1.30. The number of carboxylic acids is 1. The van der Waals surface area contributed by atoms with E-state index >= 15 is 0 Å². The fourth-order valence-electron chi connectivity index (χ4n) is 1.69. The third-order valence-electron chi connectivity index (χ3n) is 2.53. The molecular formula is C10H18N2O4. The van der Waals surface area contributed by atoms with Crippen molar-refractivity contribution in [3.63, 3.8) is 0 Å². The fourth-order valence-corrected chi connectivity index (χ4v) is 1.69. The number of nitrogens with zero attached hydrogens (tertiary/aromatic N) is 1. The lowest BCUT2D eigenvalue weighted by Gasteiger charge is -2.29. The number of amides is 2. The van der Waals surface area contributed by atoms with Crippen LogP contribution in [0.1, 0.15) is 19.8 Å². The molecule has 0 aliphatic carbocycles. The van der Waals surface area contributed by atoms with Crippen LogP contribution in [0.3, 0.4) is 0 Å². The Morgan fingerprint density at radius 3 is 2.81 bits per heavy atom. The van der Waals surface area contributed by atoms with E-state index in [0.29, 0.717) is 6.61 Å². The molecule has 0 aromatic rings. The summed E-state index contributed by atoms with van der Waals surface area (Å²) in [6.45, 7) is 2.30. The minimum atomic E-state index is -1.02. The number of hydrogen-bond donors (Lipinski definition) is 2. The van der Waals surface area contributed by atoms with E-state index in [1.807, 2.05) is 6.92 Å². The van der Waals surface area contributed by atoms with Crippen molar-refractivity contribution in [1.29, 1.82) is 0 Å². The van der Waals surface area contributed by atoms with Gasteiger partial charge < -0.3 is 20.1 Å². The second-order valence-corrected chi connectivity index (χ2v) is 4.10. The van der Waals surface area contributed by atoms with Gasteiger partial charge in [0.05, 0.1) is 6.10 Å². The van der Waals surface area contributed by atoms with Crippen LogP contribution in [0.5, 0.6) is 0 Å². The Bertz CT molecular complexity index is 270. The summed E-state index contributed by atoms with van der Waals surface area (Å²) in [5.74, 6) is -1.02. The third-order valence-corrected chi connectivity index (χ3v) is 2.53. The lowest BCUT2D eigenvalue weighted by Crippen LogP contribution is -2.47. The number of carbonyl (C=O) groups is 2. The van der Waals surface area contributed by atoms with Crippen LogP contribution in [0.2, 0.25) is 0 Å². The van der Waals surface area contributed by atoms with Crippen molar-refractivity contribution in [3.05, 3.63) is 0 Å². The van der Waals surface area contributed by atoms with Crippen molar-refractivity contribution < 1.29 is 19.4 Å². The summed E-state index contributed by atoms with van der Waals surface area (Å²) >= 11 is 0. The number of ether oxygens (including phenoxy) is 1. The molecule has 0 spiro atoms.